The summed E-state index contributed by atoms with van der Waals surface area (Å²) in [5.41, 5.74) is -0.0770. The molecule has 0 bridgehead atoms. The van der Waals surface area contributed by atoms with Crippen molar-refractivity contribution in [3.63, 3.8) is 0 Å². The number of aliphatic hydroxyl groups is 1. The van der Waals surface area contributed by atoms with Crippen LogP contribution in [0.4, 0.5) is 0 Å². The van der Waals surface area contributed by atoms with E-state index >= 15 is 0 Å². The maximum atomic E-state index is 8.89. The summed E-state index contributed by atoms with van der Waals surface area (Å²) in [6, 6.07) is 0. The molecule has 1 N–H and O–H groups in total. The molecular formula is C6H10O. The summed E-state index contributed by atoms with van der Waals surface area (Å²) in [5, 5.41) is 8.89. The van der Waals surface area contributed by atoms with Crippen LogP contribution in [0.2, 0.25) is 0 Å². The third kappa shape index (κ3) is 0.418. The van der Waals surface area contributed by atoms with E-state index in [-0.39, 0.29) is 11.5 Å². The molecule has 2 aliphatic carbocycles. The predicted octanol–water partition coefficient (Wildman–Crippen LogP) is 0.921. The van der Waals surface area contributed by atoms with E-state index in [2.05, 4.69) is 0 Å². The van der Waals surface area contributed by atoms with E-state index in [1.807, 2.05) is 0 Å². The van der Waals surface area contributed by atoms with Gasteiger partial charge in [-0.1, -0.05) is 0 Å². The summed E-state index contributed by atoms with van der Waals surface area (Å²) in [6.07, 6.45) is 0.922. The minimum Gasteiger partial charge on any atom is -0.393 e. The first-order valence-electron chi connectivity index (χ1n) is 3.74. The monoisotopic (exact) mass is 100 g/mol. The van der Waals surface area contributed by atoms with E-state index in [0.29, 0.717) is 19.3 Å². The first-order chi connectivity index (χ1) is 4.06. The van der Waals surface area contributed by atoms with Crippen LogP contribution in [0.5, 0.6) is 0 Å². The van der Waals surface area contributed by atoms with Gasteiger partial charge in [0.25, 0.3) is 0 Å². The topological polar surface area (TPSA) is 20.2 Å². The fraction of sp³-hybridized carbons (Fsp3) is 1.00. The largest absolute Gasteiger partial charge is 0.393 e. The number of rotatable bonds is 0. The molecular weight excluding hydrogens is 88.1 g/mol. The van der Waals surface area contributed by atoms with Crippen molar-refractivity contribution in [1.29, 1.82) is 0 Å². The number of aliphatic hydroxyl groups excluding tert-OH is 1. The van der Waals surface area contributed by atoms with Crippen LogP contribution in [0.15, 0.2) is 0 Å². The zero-order chi connectivity index (χ0) is 6.70. The molecule has 1 heteroatoms. The Balaban J connectivity index is 2.03. The number of hydrogen-bond donors (Lipinski definition) is 1. The molecule has 2 saturated carbocycles. The van der Waals surface area contributed by atoms with Gasteiger partial charge >= 0.3 is 0 Å². The second-order valence-electron chi connectivity index (χ2n) is 2.70. The van der Waals surface area contributed by atoms with Crippen molar-refractivity contribution in [1.82, 2.24) is 0 Å². The molecule has 0 heterocycles. The van der Waals surface area contributed by atoms with Gasteiger partial charge in [0.05, 0.1) is 6.10 Å². The molecule has 7 heavy (non-hydrogen) atoms. The Morgan fingerprint density at radius 1 is 1.71 bits per heavy atom. The van der Waals surface area contributed by atoms with E-state index in [9.17, 15) is 0 Å². The van der Waals surface area contributed by atoms with E-state index in [1.54, 1.807) is 0 Å². The molecule has 1 spiro atoms. The van der Waals surface area contributed by atoms with Gasteiger partial charge in [0.15, 0.2) is 0 Å². The second kappa shape index (κ2) is 0.873. The summed E-state index contributed by atoms with van der Waals surface area (Å²) < 4.78 is 14.6. The fourth-order valence-corrected chi connectivity index (χ4v) is 1.26. The van der Waals surface area contributed by atoms with Crippen LogP contribution in [0.25, 0.3) is 0 Å². The molecule has 0 saturated heterocycles. The number of hydrogen-bond acceptors (Lipinski definition) is 1. The van der Waals surface area contributed by atoms with Gasteiger partial charge in [0, 0.05) is 2.74 Å². The van der Waals surface area contributed by atoms with Crippen LogP contribution in [0.1, 0.15) is 28.4 Å². The molecule has 0 amide bonds. The van der Waals surface area contributed by atoms with Gasteiger partial charge in [-0.3, -0.25) is 0 Å². The highest BCUT2D eigenvalue weighted by Crippen LogP contribution is 2.60. The molecule has 0 radical (unpaired) electrons. The minimum atomic E-state index is -0.938. The smallest absolute Gasteiger partial charge is 0.0550 e. The third-order valence-corrected chi connectivity index (χ3v) is 1.93. The maximum absolute atomic E-state index is 8.89. The Labute approximate surface area is 46.2 Å². The predicted molar refractivity (Wildman–Crippen MR) is 26.9 cm³/mol. The molecule has 0 aromatic rings. The summed E-state index contributed by atoms with van der Waals surface area (Å²) >= 11 is 0. The molecule has 2 rings (SSSR count). The lowest BCUT2D eigenvalue weighted by atomic mass is 9.79. The van der Waals surface area contributed by atoms with E-state index in [4.69, 9.17) is 7.85 Å². The molecule has 2 fully saturated rings. The SMILES string of the molecule is [2H]C1([2H])CC12CC(O)C2. The van der Waals surface area contributed by atoms with Crippen molar-refractivity contribution >= 4 is 0 Å². The standard InChI is InChI=1S/C6H10O/c7-5-3-6(4-5)1-2-6/h5,7H,1-4H2/i1D2. The van der Waals surface area contributed by atoms with E-state index in [0.717, 1.165) is 0 Å². The molecule has 0 aromatic carbocycles. The Hall–Kier alpha value is -0.0400. The first kappa shape index (κ1) is 2.49. The lowest BCUT2D eigenvalue weighted by Crippen LogP contribution is -2.29. The van der Waals surface area contributed by atoms with Crippen LogP contribution in [0, 0.1) is 5.41 Å². The van der Waals surface area contributed by atoms with E-state index < -0.39 is 6.37 Å². The van der Waals surface area contributed by atoms with Crippen molar-refractivity contribution in [3.05, 3.63) is 0 Å². The van der Waals surface area contributed by atoms with E-state index in [1.165, 1.54) is 0 Å². The molecule has 40 valence electrons. The Kier molecular flexibility index (Phi) is 0.311. The van der Waals surface area contributed by atoms with Gasteiger partial charge in [0.2, 0.25) is 0 Å². The van der Waals surface area contributed by atoms with Gasteiger partial charge < -0.3 is 5.11 Å². The highest BCUT2D eigenvalue weighted by atomic mass is 16.3. The summed E-state index contributed by atoms with van der Waals surface area (Å²) in [4.78, 5) is 0. The Bertz CT molecular complexity index is 149. The average Bonchev–Trinajstić information content (AvgIpc) is 2.06. The van der Waals surface area contributed by atoms with Gasteiger partial charge in [-0.2, -0.15) is 0 Å². The van der Waals surface area contributed by atoms with Gasteiger partial charge in [0.1, 0.15) is 0 Å². The molecule has 2 aliphatic rings. The van der Waals surface area contributed by atoms with Crippen LogP contribution < -0.4 is 0 Å². The maximum Gasteiger partial charge on any atom is 0.0550 e. The highest BCUT2D eigenvalue weighted by Gasteiger charge is 2.52. The zero-order valence-corrected chi connectivity index (χ0v) is 4.15. The fourth-order valence-electron chi connectivity index (χ4n) is 1.26. The highest BCUT2D eigenvalue weighted by molar-refractivity contribution is 5.03. The van der Waals surface area contributed by atoms with Crippen LogP contribution in [0.3, 0.4) is 0 Å². The zero-order valence-electron chi connectivity index (χ0n) is 6.15. The minimum absolute atomic E-state index is 0.0770. The molecule has 0 unspecified atom stereocenters. The van der Waals surface area contributed by atoms with Gasteiger partial charge in [-0.05, 0) is 31.1 Å². The molecule has 1 nitrogen and oxygen atoms in total. The van der Waals surface area contributed by atoms with Crippen LogP contribution in [-0.2, 0) is 0 Å². The normalized spacial score (nSPS) is 68.4. The molecule has 0 atom stereocenters. The first-order valence-corrected chi connectivity index (χ1v) is 2.74. The second-order valence-corrected chi connectivity index (χ2v) is 2.70. The van der Waals surface area contributed by atoms with Crippen molar-refractivity contribution in [3.8, 4) is 0 Å². The van der Waals surface area contributed by atoms with Gasteiger partial charge in [-0.15, -0.1) is 0 Å². The molecule has 0 aliphatic heterocycles. The van der Waals surface area contributed by atoms with Crippen molar-refractivity contribution in [2.75, 3.05) is 0 Å². The Morgan fingerprint density at radius 2 is 2.29 bits per heavy atom. The van der Waals surface area contributed by atoms with Gasteiger partial charge in [-0.25, -0.2) is 0 Å². The molecule has 0 aromatic heterocycles. The van der Waals surface area contributed by atoms with Crippen molar-refractivity contribution in [2.24, 2.45) is 5.41 Å². The van der Waals surface area contributed by atoms with Crippen molar-refractivity contribution in [2.45, 2.75) is 31.7 Å². The van der Waals surface area contributed by atoms with Crippen LogP contribution >= 0.6 is 0 Å². The van der Waals surface area contributed by atoms with Crippen LogP contribution in [-0.4, -0.2) is 11.2 Å². The van der Waals surface area contributed by atoms with Crippen molar-refractivity contribution < 1.29 is 7.85 Å². The lowest BCUT2D eigenvalue weighted by molar-refractivity contribution is 0.0291. The lowest BCUT2D eigenvalue weighted by Gasteiger charge is -2.31. The third-order valence-electron chi connectivity index (χ3n) is 1.93. The summed E-state index contributed by atoms with van der Waals surface area (Å²) in [7, 11) is 0. The summed E-state index contributed by atoms with van der Waals surface area (Å²) in [6.45, 7) is 0. The quantitative estimate of drug-likeness (QED) is 0.480. The Morgan fingerprint density at radius 3 is 2.43 bits per heavy atom. The average molecular weight is 100 g/mol. The summed E-state index contributed by atoms with van der Waals surface area (Å²) in [5.74, 6) is 0.